The maximum atomic E-state index is 12.4. The van der Waals surface area contributed by atoms with Crippen molar-refractivity contribution in [2.24, 2.45) is 0 Å². The third-order valence-corrected chi connectivity index (χ3v) is 6.26. The molecule has 144 valence electrons. The number of nitrogens with zero attached hydrogens (tertiary/aromatic N) is 2. The summed E-state index contributed by atoms with van der Waals surface area (Å²) in [6, 6.07) is 15.6. The van der Waals surface area contributed by atoms with Crippen LogP contribution >= 0.6 is 34.5 Å². The fourth-order valence-corrected chi connectivity index (χ4v) is 4.82. The Kier molecular flexibility index (Phi) is 5.97. The molecule has 3 aromatic rings. The molecule has 0 aliphatic carbocycles. The largest absolute Gasteiger partial charge is 0.302 e. The summed E-state index contributed by atoms with van der Waals surface area (Å²) in [6.07, 6.45) is 1.10. The Labute approximate surface area is 178 Å². The van der Waals surface area contributed by atoms with E-state index >= 15 is 0 Å². The van der Waals surface area contributed by atoms with E-state index in [1.807, 2.05) is 6.07 Å². The van der Waals surface area contributed by atoms with Gasteiger partial charge in [0.15, 0.2) is 5.13 Å². The van der Waals surface area contributed by atoms with Crippen LogP contribution in [0.25, 0.3) is 0 Å². The molecule has 2 aromatic carbocycles. The lowest BCUT2D eigenvalue weighted by Crippen LogP contribution is -2.29. The van der Waals surface area contributed by atoms with E-state index in [2.05, 4.69) is 39.5 Å². The first-order chi connectivity index (χ1) is 13.6. The Bertz CT molecular complexity index is 991. The highest BCUT2D eigenvalue weighted by molar-refractivity contribution is 7.15. The zero-order chi connectivity index (χ0) is 19.5. The molecule has 0 fully saturated rings. The van der Waals surface area contributed by atoms with Gasteiger partial charge in [0.1, 0.15) is 0 Å². The number of amides is 1. The standard InChI is InChI=1S/C21H19Cl2N3OS/c22-16-7-6-15(17(23)11-16)10-20(27)25-21-24-18-8-9-26(13-19(18)28-21)12-14-4-2-1-3-5-14/h1-7,11H,8-10,12-13H2,(H,24,25,27). The van der Waals surface area contributed by atoms with E-state index in [0.717, 1.165) is 37.3 Å². The second-order valence-electron chi connectivity index (χ2n) is 6.80. The molecular formula is C21H19Cl2N3OS. The lowest BCUT2D eigenvalue weighted by atomic mass is 10.1. The third kappa shape index (κ3) is 4.73. The Morgan fingerprint density at radius 1 is 1.18 bits per heavy atom. The summed E-state index contributed by atoms with van der Waals surface area (Å²) < 4.78 is 0. The molecule has 4 nitrogen and oxygen atoms in total. The maximum Gasteiger partial charge on any atom is 0.230 e. The number of anilines is 1. The van der Waals surface area contributed by atoms with Gasteiger partial charge in [-0.1, -0.05) is 59.6 Å². The predicted molar refractivity (Wildman–Crippen MR) is 115 cm³/mol. The normalized spacial score (nSPS) is 13.9. The van der Waals surface area contributed by atoms with Crippen LogP contribution in [-0.4, -0.2) is 22.3 Å². The van der Waals surface area contributed by atoms with Crippen LogP contribution in [0.2, 0.25) is 10.0 Å². The quantitative estimate of drug-likeness (QED) is 0.604. The first kappa shape index (κ1) is 19.4. The number of benzene rings is 2. The van der Waals surface area contributed by atoms with E-state index in [9.17, 15) is 4.79 Å². The van der Waals surface area contributed by atoms with Crippen LogP contribution < -0.4 is 5.32 Å². The number of nitrogens with one attached hydrogen (secondary N) is 1. The molecule has 1 aliphatic heterocycles. The predicted octanol–water partition coefficient (Wildman–Crippen LogP) is 5.19. The summed E-state index contributed by atoms with van der Waals surface area (Å²) in [4.78, 5) is 20.6. The first-order valence-corrected chi connectivity index (χ1v) is 10.6. The molecule has 1 aromatic heterocycles. The van der Waals surface area contributed by atoms with Crippen molar-refractivity contribution in [1.29, 1.82) is 0 Å². The highest BCUT2D eigenvalue weighted by atomic mass is 35.5. The molecule has 7 heteroatoms. The number of fused-ring (bicyclic) bond motifs is 1. The van der Waals surface area contributed by atoms with Gasteiger partial charge < -0.3 is 5.32 Å². The monoisotopic (exact) mass is 431 g/mol. The SMILES string of the molecule is O=C(Cc1ccc(Cl)cc1Cl)Nc1nc2c(s1)CN(Cc1ccccc1)CC2. The van der Waals surface area contributed by atoms with E-state index in [1.165, 1.54) is 10.4 Å². The molecule has 0 saturated heterocycles. The number of rotatable bonds is 5. The molecule has 0 spiro atoms. The van der Waals surface area contributed by atoms with Gasteiger partial charge in [-0.25, -0.2) is 4.98 Å². The third-order valence-electron chi connectivity index (χ3n) is 4.67. The summed E-state index contributed by atoms with van der Waals surface area (Å²) in [7, 11) is 0. The van der Waals surface area contributed by atoms with Gasteiger partial charge in [-0.15, -0.1) is 11.3 Å². The summed E-state index contributed by atoms with van der Waals surface area (Å²) in [5.41, 5.74) is 3.15. The molecule has 0 atom stereocenters. The van der Waals surface area contributed by atoms with Crippen molar-refractivity contribution in [3.8, 4) is 0 Å². The number of thiazole rings is 1. The van der Waals surface area contributed by atoms with Crippen LogP contribution in [-0.2, 0) is 30.7 Å². The summed E-state index contributed by atoms with van der Waals surface area (Å²) in [5, 5.41) is 4.62. The highest BCUT2D eigenvalue weighted by Gasteiger charge is 2.21. The Morgan fingerprint density at radius 2 is 2.00 bits per heavy atom. The number of hydrogen-bond donors (Lipinski definition) is 1. The van der Waals surface area contributed by atoms with Crippen LogP contribution in [0.1, 0.15) is 21.7 Å². The van der Waals surface area contributed by atoms with Gasteiger partial charge in [-0.3, -0.25) is 9.69 Å². The number of aromatic nitrogens is 1. The molecule has 0 radical (unpaired) electrons. The number of carbonyl (C=O) groups is 1. The minimum absolute atomic E-state index is 0.128. The highest BCUT2D eigenvalue weighted by Crippen LogP contribution is 2.29. The lowest BCUT2D eigenvalue weighted by Gasteiger charge is -2.25. The minimum atomic E-state index is -0.128. The van der Waals surface area contributed by atoms with Crippen LogP contribution in [0.5, 0.6) is 0 Å². The van der Waals surface area contributed by atoms with Crippen molar-refractivity contribution in [3.63, 3.8) is 0 Å². The lowest BCUT2D eigenvalue weighted by molar-refractivity contribution is -0.115. The van der Waals surface area contributed by atoms with Gasteiger partial charge in [0.05, 0.1) is 12.1 Å². The molecule has 1 N–H and O–H groups in total. The molecule has 0 unspecified atom stereocenters. The minimum Gasteiger partial charge on any atom is -0.302 e. The van der Waals surface area contributed by atoms with E-state index in [4.69, 9.17) is 23.2 Å². The molecule has 1 aliphatic rings. The molecule has 2 heterocycles. The fourth-order valence-electron chi connectivity index (χ4n) is 3.28. The average molecular weight is 432 g/mol. The van der Waals surface area contributed by atoms with Crippen LogP contribution in [0.15, 0.2) is 48.5 Å². The second kappa shape index (κ2) is 8.62. The van der Waals surface area contributed by atoms with E-state index in [1.54, 1.807) is 29.5 Å². The smallest absolute Gasteiger partial charge is 0.230 e. The van der Waals surface area contributed by atoms with Crippen molar-refractivity contribution >= 4 is 45.6 Å². The van der Waals surface area contributed by atoms with E-state index < -0.39 is 0 Å². The topological polar surface area (TPSA) is 45.2 Å². The molecule has 4 rings (SSSR count). The molecule has 28 heavy (non-hydrogen) atoms. The molecule has 1 amide bonds. The van der Waals surface area contributed by atoms with E-state index in [-0.39, 0.29) is 12.3 Å². The molecule has 0 bridgehead atoms. The first-order valence-electron chi connectivity index (χ1n) is 9.05. The van der Waals surface area contributed by atoms with Gasteiger partial charge in [-0.05, 0) is 23.3 Å². The van der Waals surface area contributed by atoms with Gasteiger partial charge in [0, 0.05) is 41.0 Å². The number of hydrogen-bond acceptors (Lipinski definition) is 4. The molecule has 0 saturated carbocycles. The van der Waals surface area contributed by atoms with Gasteiger partial charge in [-0.2, -0.15) is 0 Å². The summed E-state index contributed by atoms with van der Waals surface area (Å²) in [6.45, 7) is 2.76. The van der Waals surface area contributed by atoms with Crippen LogP contribution in [0, 0.1) is 0 Å². The maximum absolute atomic E-state index is 12.4. The Hall–Kier alpha value is -1.92. The van der Waals surface area contributed by atoms with Gasteiger partial charge in [0.2, 0.25) is 5.91 Å². The van der Waals surface area contributed by atoms with Crippen LogP contribution in [0.4, 0.5) is 5.13 Å². The Morgan fingerprint density at radius 3 is 2.79 bits per heavy atom. The number of halogens is 2. The molecular weight excluding hydrogens is 413 g/mol. The van der Waals surface area contributed by atoms with Gasteiger partial charge in [0.25, 0.3) is 0 Å². The van der Waals surface area contributed by atoms with E-state index in [0.29, 0.717) is 15.2 Å². The second-order valence-corrected chi connectivity index (χ2v) is 8.72. The van der Waals surface area contributed by atoms with Crippen molar-refractivity contribution < 1.29 is 4.79 Å². The van der Waals surface area contributed by atoms with Gasteiger partial charge >= 0.3 is 0 Å². The van der Waals surface area contributed by atoms with Crippen molar-refractivity contribution in [2.45, 2.75) is 25.9 Å². The number of carbonyl (C=O) groups excluding carboxylic acids is 1. The van der Waals surface area contributed by atoms with Crippen LogP contribution in [0.3, 0.4) is 0 Å². The zero-order valence-electron chi connectivity index (χ0n) is 15.1. The summed E-state index contributed by atoms with van der Waals surface area (Å²) >= 11 is 13.6. The summed E-state index contributed by atoms with van der Waals surface area (Å²) in [5.74, 6) is -0.128. The fraction of sp³-hybridized carbons (Fsp3) is 0.238. The van der Waals surface area contributed by atoms with Crippen molar-refractivity contribution in [3.05, 3.63) is 80.3 Å². The van der Waals surface area contributed by atoms with Crippen molar-refractivity contribution in [2.75, 3.05) is 11.9 Å². The Balaban J connectivity index is 1.38. The zero-order valence-corrected chi connectivity index (χ0v) is 17.4. The van der Waals surface area contributed by atoms with Crippen molar-refractivity contribution in [1.82, 2.24) is 9.88 Å². The average Bonchev–Trinajstić information content (AvgIpc) is 3.06.